The van der Waals surface area contributed by atoms with Gasteiger partial charge >= 0.3 is 5.97 Å². The van der Waals surface area contributed by atoms with Crippen molar-refractivity contribution in [2.24, 2.45) is 0 Å². The molecule has 33 heavy (non-hydrogen) atoms. The van der Waals surface area contributed by atoms with E-state index in [0.29, 0.717) is 24.2 Å². The van der Waals surface area contributed by atoms with Crippen LogP contribution in [0.3, 0.4) is 0 Å². The highest BCUT2D eigenvalue weighted by molar-refractivity contribution is 6.21. The Morgan fingerprint density at radius 2 is 1.45 bits per heavy atom. The number of carbonyl (C=O) groups excluding carboxylic acids is 4. The predicted octanol–water partition coefficient (Wildman–Crippen LogP) is 1.95. The number of benzene rings is 2. The van der Waals surface area contributed by atoms with Crippen molar-refractivity contribution >= 4 is 23.7 Å². The highest BCUT2D eigenvalue weighted by Crippen LogP contribution is 2.22. The Labute approximate surface area is 192 Å². The standard InChI is InChI=1S/C25H27N3O5/c1-18(23(30)27-15-13-26(14-16-27)17-19-7-3-2-4-8-19)33-22(29)11-12-28-24(31)20-9-5-6-10-21(20)25(28)32/h2-10,18H,11-17H2,1H3. The van der Waals surface area contributed by atoms with Crippen LogP contribution in [-0.4, -0.2) is 77.2 Å². The van der Waals surface area contributed by atoms with Crippen LogP contribution in [0.25, 0.3) is 0 Å². The van der Waals surface area contributed by atoms with E-state index in [2.05, 4.69) is 17.0 Å². The van der Waals surface area contributed by atoms with Gasteiger partial charge in [0.05, 0.1) is 17.5 Å². The van der Waals surface area contributed by atoms with Crippen LogP contribution in [0, 0.1) is 0 Å². The van der Waals surface area contributed by atoms with Gasteiger partial charge in [-0.15, -0.1) is 0 Å². The summed E-state index contributed by atoms with van der Waals surface area (Å²) in [5, 5.41) is 0. The molecule has 1 atom stereocenters. The van der Waals surface area contributed by atoms with Gasteiger partial charge in [-0.25, -0.2) is 0 Å². The Kier molecular flexibility index (Phi) is 6.84. The summed E-state index contributed by atoms with van der Waals surface area (Å²) >= 11 is 0. The summed E-state index contributed by atoms with van der Waals surface area (Å²) in [7, 11) is 0. The summed E-state index contributed by atoms with van der Waals surface area (Å²) in [6.07, 6.45) is -1.08. The van der Waals surface area contributed by atoms with Crippen LogP contribution in [0.2, 0.25) is 0 Å². The zero-order chi connectivity index (χ0) is 23.4. The Morgan fingerprint density at radius 1 is 0.879 bits per heavy atom. The van der Waals surface area contributed by atoms with Gasteiger partial charge in [0.25, 0.3) is 17.7 Å². The van der Waals surface area contributed by atoms with Gasteiger partial charge in [0.15, 0.2) is 6.10 Å². The molecule has 0 N–H and O–H groups in total. The Bertz CT molecular complexity index is 1010. The lowest BCUT2D eigenvalue weighted by Crippen LogP contribution is -2.51. The maximum atomic E-state index is 12.7. The molecule has 1 fully saturated rings. The predicted molar refractivity (Wildman–Crippen MR) is 120 cm³/mol. The second-order valence-corrected chi connectivity index (χ2v) is 8.28. The Hall–Kier alpha value is -3.52. The summed E-state index contributed by atoms with van der Waals surface area (Å²) in [4.78, 5) is 54.8. The van der Waals surface area contributed by atoms with Gasteiger partial charge in [0.1, 0.15) is 0 Å². The monoisotopic (exact) mass is 449 g/mol. The minimum atomic E-state index is -0.916. The fourth-order valence-electron chi connectivity index (χ4n) is 4.18. The van der Waals surface area contributed by atoms with Crippen LogP contribution in [0.1, 0.15) is 39.6 Å². The van der Waals surface area contributed by atoms with Crippen LogP contribution in [0.4, 0.5) is 0 Å². The molecule has 8 nitrogen and oxygen atoms in total. The first-order chi connectivity index (χ1) is 15.9. The van der Waals surface area contributed by atoms with Gasteiger partial charge < -0.3 is 9.64 Å². The van der Waals surface area contributed by atoms with Crippen molar-refractivity contribution in [2.75, 3.05) is 32.7 Å². The van der Waals surface area contributed by atoms with E-state index in [0.717, 1.165) is 24.5 Å². The third-order valence-corrected chi connectivity index (χ3v) is 6.01. The fraction of sp³-hybridized carbons (Fsp3) is 0.360. The first kappa shape index (κ1) is 22.7. The van der Waals surface area contributed by atoms with E-state index in [9.17, 15) is 19.2 Å². The van der Waals surface area contributed by atoms with Crippen molar-refractivity contribution in [3.63, 3.8) is 0 Å². The molecule has 0 aliphatic carbocycles. The Balaban J connectivity index is 1.21. The lowest BCUT2D eigenvalue weighted by molar-refractivity contribution is -0.160. The van der Waals surface area contributed by atoms with Gasteiger partial charge in [0, 0.05) is 39.3 Å². The number of amides is 3. The van der Waals surface area contributed by atoms with Crippen LogP contribution in [-0.2, 0) is 20.9 Å². The molecule has 1 saturated heterocycles. The van der Waals surface area contributed by atoms with Gasteiger partial charge in [-0.2, -0.15) is 0 Å². The molecule has 4 rings (SSSR count). The van der Waals surface area contributed by atoms with Gasteiger partial charge in [-0.05, 0) is 24.6 Å². The Morgan fingerprint density at radius 3 is 2.06 bits per heavy atom. The summed E-state index contributed by atoms with van der Waals surface area (Å²) in [5.74, 6) is -1.68. The zero-order valence-corrected chi connectivity index (χ0v) is 18.6. The number of rotatable bonds is 7. The maximum Gasteiger partial charge on any atom is 0.308 e. The molecule has 0 aromatic heterocycles. The SMILES string of the molecule is CC(OC(=O)CCN1C(=O)c2ccccc2C1=O)C(=O)N1CCN(Cc2ccccc2)CC1. The van der Waals surface area contributed by atoms with Gasteiger partial charge in [0.2, 0.25) is 0 Å². The van der Waals surface area contributed by atoms with Crippen molar-refractivity contribution in [1.82, 2.24) is 14.7 Å². The van der Waals surface area contributed by atoms with E-state index in [1.807, 2.05) is 18.2 Å². The minimum Gasteiger partial charge on any atom is -0.452 e. The third kappa shape index (κ3) is 5.12. The van der Waals surface area contributed by atoms with E-state index >= 15 is 0 Å². The largest absolute Gasteiger partial charge is 0.452 e. The summed E-state index contributed by atoms with van der Waals surface area (Å²) in [5.41, 5.74) is 1.91. The highest BCUT2D eigenvalue weighted by atomic mass is 16.5. The van der Waals surface area contributed by atoms with Gasteiger partial charge in [-0.1, -0.05) is 42.5 Å². The lowest BCUT2D eigenvalue weighted by atomic mass is 10.1. The molecule has 3 amide bonds. The number of hydrogen-bond acceptors (Lipinski definition) is 6. The van der Waals surface area contributed by atoms with E-state index in [4.69, 9.17) is 4.74 Å². The molecule has 2 aromatic rings. The number of imide groups is 1. The molecule has 0 radical (unpaired) electrons. The van der Waals surface area contributed by atoms with Crippen molar-refractivity contribution in [3.05, 3.63) is 71.3 Å². The maximum absolute atomic E-state index is 12.7. The average Bonchev–Trinajstić information content (AvgIpc) is 3.08. The molecule has 8 heteroatoms. The number of nitrogens with zero attached hydrogens (tertiary/aromatic N) is 3. The smallest absolute Gasteiger partial charge is 0.308 e. The first-order valence-electron chi connectivity index (χ1n) is 11.1. The van der Waals surface area contributed by atoms with Crippen LogP contribution in [0.15, 0.2) is 54.6 Å². The molecule has 1 unspecified atom stereocenters. The second kappa shape index (κ2) is 9.95. The molecule has 2 aliphatic rings. The van der Waals surface area contributed by atoms with Crippen molar-refractivity contribution in [2.45, 2.75) is 26.0 Å². The average molecular weight is 450 g/mol. The second-order valence-electron chi connectivity index (χ2n) is 8.28. The van der Waals surface area contributed by atoms with Crippen molar-refractivity contribution in [3.8, 4) is 0 Å². The molecule has 0 bridgehead atoms. The number of piperazine rings is 1. The van der Waals surface area contributed by atoms with E-state index in [1.54, 1.807) is 36.1 Å². The van der Waals surface area contributed by atoms with Gasteiger partial charge in [-0.3, -0.25) is 29.0 Å². The molecular weight excluding hydrogens is 422 g/mol. The van der Waals surface area contributed by atoms with Crippen LogP contribution < -0.4 is 0 Å². The number of ether oxygens (including phenoxy) is 1. The molecular formula is C25H27N3O5. The van der Waals surface area contributed by atoms with Crippen molar-refractivity contribution < 1.29 is 23.9 Å². The van der Waals surface area contributed by atoms with Crippen molar-refractivity contribution in [1.29, 1.82) is 0 Å². The molecule has 2 aliphatic heterocycles. The molecule has 172 valence electrons. The summed E-state index contributed by atoms with van der Waals surface area (Å²) < 4.78 is 5.30. The summed E-state index contributed by atoms with van der Waals surface area (Å²) in [6.45, 7) is 4.96. The summed E-state index contributed by atoms with van der Waals surface area (Å²) in [6, 6.07) is 16.7. The minimum absolute atomic E-state index is 0.0791. The lowest BCUT2D eigenvalue weighted by Gasteiger charge is -2.35. The number of hydrogen-bond donors (Lipinski definition) is 0. The van der Waals surface area contributed by atoms with E-state index < -0.39 is 23.9 Å². The quantitative estimate of drug-likeness (QED) is 0.474. The number of fused-ring (bicyclic) bond motifs is 1. The number of esters is 1. The molecule has 0 saturated carbocycles. The van der Waals surface area contributed by atoms with Crippen LogP contribution in [0.5, 0.6) is 0 Å². The normalized spacial score (nSPS) is 17.1. The van der Waals surface area contributed by atoms with E-state index in [-0.39, 0.29) is 18.9 Å². The number of carbonyl (C=O) groups is 4. The van der Waals surface area contributed by atoms with E-state index in [1.165, 1.54) is 5.56 Å². The third-order valence-electron chi connectivity index (χ3n) is 6.01. The topological polar surface area (TPSA) is 87.2 Å². The first-order valence-corrected chi connectivity index (χ1v) is 11.1. The zero-order valence-electron chi connectivity index (χ0n) is 18.6. The highest BCUT2D eigenvalue weighted by Gasteiger charge is 2.35. The fourth-order valence-corrected chi connectivity index (χ4v) is 4.18. The molecule has 2 heterocycles. The molecule has 2 aromatic carbocycles. The van der Waals surface area contributed by atoms with Crippen LogP contribution >= 0.6 is 0 Å². The molecule has 0 spiro atoms.